The van der Waals surface area contributed by atoms with E-state index in [1.165, 1.54) is 13.8 Å². The number of carbonyl (C=O) groups excluding carboxylic acids is 2. The fourth-order valence-corrected chi connectivity index (χ4v) is 2.95. The third kappa shape index (κ3) is 6.89. The first-order valence-electron chi connectivity index (χ1n) is 8.60. The molecule has 7 heteroatoms. The van der Waals surface area contributed by atoms with E-state index in [4.69, 9.17) is 11.3 Å². The van der Waals surface area contributed by atoms with Crippen molar-refractivity contribution in [1.82, 2.24) is 0 Å². The lowest BCUT2D eigenvalue weighted by atomic mass is 10.1. The molecule has 0 saturated heterocycles. The van der Waals surface area contributed by atoms with Gasteiger partial charge < -0.3 is 14.4 Å². The highest BCUT2D eigenvalue weighted by atomic mass is 32.2. The van der Waals surface area contributed by atoms with Crippen molar-refractivity contribution in [3.8, 4) is 5.75 Å². The molecule has 0 aliphatic rings. The molecule has 0 unspecified atom stereocenters. The third-order valence-corrected chi connectivity index (χ3v) is 4.51. The molecule has 0 radical (unpaired) electrons. The summed E-state index contributed by atoms with van der Waals surface area (Å²) in [7, 11) is 0. The molecule has 28 heavy (non-hydrogen) atoms. The summed E-state index contributed by atoms with van der Waals surface area (Å²) in [6.45, 7) is 10.5. The topological polar surface area (TPSA) is 69.3 Å². The van der Waals surface area contributed by atoms with Crippen LogP contribution in [0.4, 0.5) is 0 Å². The Morgan fingerprint density at radius 2 is 1.64 bits per heavy atom. The second-order valence-electron chi connectivity index (χ2n) is 5.77. The van der Waals surface area contributed by atoms with Crippen molar-refractivity contribution in [2.45, 2.75) is 30.1 Å². The van der Waals surface area contributed by atoms with Crippen molar-refractivity contribution in [2.24, 2.45) is 5.16 Å². The minimum Gasteiger partial charge on any atom is -0.493 e. The number of hydrogen-bond donors (Lipinski definition) is 0. The monoisotopic (exact) mass is 396 g/mol. The zero-order valence-corrected chi connectivity index (χ0v) is 16.5. The summed E-state index contributed by atoms with van der Waals surface area (Å²) in [4.78, 5) is 32.8. The molecule has 144 valence electrons. The van der Waals surface area contributed by atoms with E-state index in [1.807, 2.05) is 36.4 Å². The summed E-state index contributed by atoms with van der Waals surface area (Å²) in [5.74, 6) is -0.0889. The summed E-state index contributed by atoms with van der Waals surface area (Å²) >= 11 is 1.57. The molecule has 2 aromatic rings. The van der Waals surface area contributed by atoms with Gasteiger partial charge in [-0.3, -0.25) is 4.79 Å². The maximum Gasteiger partial charge on any atom is 0.331 e. The molecule has 0 amide bonds. The van der Waals surface area contributed by atoms with Crippen LogP contribution in [0, 0.1) is 6.57 Å². The van der Waals surface area contributed by atoms with Gasteiger partial charge in [-0.2, -0.15) is 0 Å². The van der Waals surface area contributed by atoms with E-state index in [0.717, 1.165) is 22.0 Å². The fraction of sp³-hybridized carbons (Fsp3) is 0.238. The van der Waals surface area contributed by atoms with Gasteiger partial charge in [0.05, 0.1) is 13.0 Å². The first-order valence-corrected chi connectivity index (χ1v) is 9.42. The maximum atomic E-state index is 12.2. The van der Waals surface area contributed by atoms with Crippen molar-refractivity contribution in [2.75, 3.05) is 13.2 Å². The van der Waals surface area contributed by atoms with Crippen LogP contribution in [-0.2, 0) is 9.63 Å². The number of ketones is 1. The lowest BCUT2D eigenvalue weighted by Gasteiger charge is -2.06. The van der Waals surface area contributed by atoms with E-state index in [-0.39, 0.29) is 11.5 Å². The molecule has 0 spiro atoms. The molecular weight excluding hydrogens is 376 g/mol. The first kappa shape index (κ1) is 21.2. The van der Waals surface area contributed by atoms with Gasteiger partial charge in [0, 0.05) is 22.3 Å². The van der Waals surface area contributed by atoms with Gasteiger partial charge >= 0.3 is 5.97 Å². The lowest BCUT2D eigenvalue weighted by Crippen LogP contribution is -2.11. The summed E-state index contributed by atoms with van der Waals surface area (Å²) in [5.41, 5.74) is 0.587. The Hall–Kier alpha value is -3.11. The number of hydrogen-bond acceptors (Lipinski definition) is 6. The van der Waals surface area contributed by atoms with Gasteiger partial charge in [-0.25, -0.2) is 11.4 Å². The van der Waals surface area contributed by atoms with Crippen molar-refractivity contribution in [3.63, 3.8) is 0 Å². The fourth-order valence-electron chi connectivity index (χ4n) is 2.13. The third-order valence-electron chi connectivity index (χ3n) is 3.50. The number of oxime groups is 1. The predicted octanol–water partition coefficient (Wildman–Crippen LogP) is 4.65. The number of carbonyl (C=O) groups is 2. The molecule has 0 heterocycles. The Morgan fingerprint density at radius 1 is 1.04 bits per heavy atom. The van der Waals surface area contributed by atoms with Gasteiger partial charge in [0.1, 0.15) is 11.5 Å². The summed E-state index contributed by atoms with van der Waals surface area (Å²) in [6, 6.07) is 14.9. The van der Waals surface area contributed by atoms with Crippen LogP contribution in [0.1, 0.15) is 30.6 Å². The van der Waals surface area contributed by atoms with Gasteiger partial charge in [-0.05, 0) is 55.5 Å². The summed E-state index contributed by atoms with van der Waals surface area (Å²) in [5, 5.41) is 3.52. The van der Waals surface area contributed by atoms with Gasteiger partial charge in [0.15, 0.2) is 0 Å². The highest BCUT2D eigenvalue weighted by Crippen LogP contribution is 2.29. The second kappa shape index (κ2) is 10.9. The summed E-state index contributed by atoms with van der Waals surface area (Å²) in [6.07, 6.45) is 0.718. The number of nitrogens with zero attached hydrogens (tertiary/aromatic N) is 2. The second-order valence-corrected chi connectivity index (χ2v) is 6.92. The number of ether oxygens (including phenoxy) is 1. The molecule has 0 bridgehead atoms. The molecule has 0 aliphatic heterocycles. The molecule has 0 aliphatic carbocycles. The van der Waals surface area contributed by atoms with Crippen LogP contribution in [0.2, 0.25) is 0 Å². The smallest absolute Gasteiger partial charge is 0.331 e. The van der Waals surface area contributed by atoms with E-state index in [1.54, 1.807) is 23.9 Å². The van der Waals surface area contributed by atoms with Crippen LogP contribution >= 0.6 is 11.8 Å². The van der Waals surface area contributed by atoms with Gasteiger partial charge in [-0.15, -0.1) is 0 Å². The normalized spacial score (nSPS) is 10.8. The van der Waals surface area contributed by atoms with E-state index in [9.17, 15) is 9.59 Å². The first-order chi connectivity index (χ1) is 13.5. The molecule has 2 rings (SSSR count). The van der Waals surface area contributed by atoms with Gasteiger partial charge in [0.2, 0.25) is 12.3 Å². The molecule has 0 fully saturated rings. The zero-order chi connectivity index (χ0) is 20.4. The average molecular weight is 396 g/mol. The van der Waals surface area contributed by atoms with Crippen LogP contribution < -0.4 is 4.74 Å². The SMILES string of the molecule is [C-]#[N+]CCCOc1ccc(Sc2ccc(C(=O)/C(C)=N\OC(C)=O)cc2)cc1. The number of benzene rings is 2. The van der Waals surface area contributed by atoms with Crippen LogP contribution in [0.3, 0.4) is 0 Å². The van der Waals surface area contributed by atoms with Crippen LogP contribution in [0.5, 0.6) is 5.75 Å². The minimum absolute atomic E-state index is 0.114. The van der Waals surface area contributed by atoms with Crippen LogP contribution in [-0.4, -0.2) is 30.6 Å². The average Bonchev–Trinajstić information content (AvgIpc) is 2.70. The molecule has 0 atom stereocenters. The minimum atomic E-state index is -0.571. The number of Topliss-reactive ketones (excluding diaryl/α,β-unsaturated/α-hetero) is 1. The van der Waals surface area contributed by atoms with Gasteiger partial charge in [0.25, 0.3) is 0 Å². The van der Waals surface area contributed by atoms with E-state index < -0.39 is 5.97 Å². The lowest BCUT2D eigenvalue weighted by molar-refractivity contribution is -0.140. The molecule has 6 nitrogen and oxygen atoms in total. The standard InChI is InChI=1S/C21H20N2O4S/c1-15(23-27-16(2)24)21(25)17-5-9-19(10-6-17)28-20-11-7-18(8-12-20)26-14-4-13-22-3/h5-12H,4,13-14H2,1-2H3/b23-15-. The van der Waals surface area contributed by atoms with Gasteiger partial charge in [-0.1, -0.05) is 16.9 Å². The largest absolute Gasteiger partial charge is 0.493 e. The Balaban J connectivity index is 1.93. The quantitative estimate of drug-likeness (QED) is 0.154. The molecular formula is C21H20N2O4S. The molecule has 0 saturated carbocycles. The Morgan fingerprint density at radius 3 is 2.21 bits per heavy atom. The van der Waals surface area contributed by atoms with Crippen molar-refractivity contribution >= 4 is 29.2 Å². The molecule has 0 N–H and O–H groups in total. The Labute approximate surface area is 168 Å². The van der Waals surface area contributed by atoms with Crippen LogP contribution in [0.25, 0.3) is 4.85 Å². The zero-order valence-electron chi connectivity index (χ0n) is 15.7. The van der Waals surface area contributed by atoms with Crippen molar-refractivity contribution in [3.05, 3.63) is 65.5 Å². The summed E-state index contributed by atoms with van der Waals surface area (Å²) < 4.78 is 5.58. The molecule has 2 aromatic carbocycles. The highest BCUT2D eigenvalue weighted by Gasteiger charge is 2.11. The molecule has 0 aromatic heterocycles. The van der Waals surface area contributed by atoms with E-state index >= 15 is 0 Å². The van der Waals surface area contributed by atoms with Crippen LogP contribution in [0.15, 0.2) is 63.5 Å². The van der Waals surface area contributed by atoms with Crippen molar-refractivity contribution < 1.29 is 19.2 Å². The van der Waals surface area contributed by atoms with E-state index in [0.29, 0.717) is 18.7 Å². The Kier molecular flexibility index (Phi) is 8.25. The Bertz CT molecular complexity index is 884. The van der Waals surface area contributed by atoms with E-state index in [2.05, 4.69) is 14.8 Å². The maximum absolute atomic E-state index is 12.2. The number of rotatable bonds is 9. The van der Waals surface area contributed by atoms with Crippen molar-refractivity contribution in [1.29, 1.82) is 0 Å². The predicted molar refractivity (Wildman–Crippen MR) is 108 cm³/mol. The highest BCUT2D eigenvalue weighted by molar-refractivity contribution is 7.99.